The number of fused-ring (bicyclic) bond motifs is 1. The third-order valence-corrected chi connectivity index (χ3v) is 5.77. The maximum atomic E-state index is 5.92. The lowest BCUT2D eigenvalue weighted by atomic mass is 9.83. The zero-order chi connectivity index (χ0) is 13.5. The van der Waals surface area contributed by atoms with Gasteiger partial charge in [-0.2, -0.15) is 0 Å². The summed E-state index contributed by atoms with van der Waals surface area (Å²) in [6, 6.07) is 8.89. The van der Waals surface area contributed by atoms with E-state index in [1.807, 2.05) is 11.3 Å². The molecule has 2 nitrogen and oxygen atoms in total. The summed E-state index contributed by atoms with van der Waals surface area (Å²) < 4.78 is 0. The number of nitrogens with zero attached hydrogens (tertiary/aromatic N) is 1. The van der Waals surface area contributed by atoms with Gasteiger partial charge in [-0.3, -0.25) is 0 Å². The number of benzene rings is 1. The first-order chi connectivity index (χ1) is 9.86. The number of hydrogen-bond acceptors (Lipinski definition) is 3. The van der Waals surface area contributed by atoms with Gasteiger partial charge < -0.3 is 5.73 Å². The standard InChI is InChI=1S/C17H20N2S/c18-10-15-16(12-8-9-12)19-17(20-15)14-7-3-5-11-4-1-2-6-13(11)14/h1-2,4,6,12,14H,3,5,7-10,18H2. The highest BCUT2D eigenvalue weighted by Crippen LogP contribution is 2.45. The van der Waals surface area contributed by atoms with Gasteiger partial charge >= 0.3 is 0 Å². The molecule has 1 aromatic heterocycles. The van der Waals surface area contributed by atoms with Crippen LogP contribution in [0, 0.1) is 0 Å². The Morgan fingerprint density at radius 3 is 2.85 bits per heavy atom. The number of aromatic nitrogens is 1. The summed E-state index contributed by atoms with van der Waals surface area (Å²) in [5.41, 5.74) is 10.3. The van der Waals surface area contributed by atoms with Gasteiger partial charge in [0, 0.05) is 23.3 Å². The van der Waals surface area contributed by atoms with Crippen LogP contribution in [0.25, 0.3) is 0 Å². The van der Waals surface area contributed by atoms with E-state index in [0.29, 0.717) is 18.4 Å². The SMILES string of the molecule is NCc1sc(C2CCCc3ccccc32)nc1C1CC1. The van der Waals surface area contributed by atoms with E-state index in [1.165, 1.54) is 58.8 Å². The Labute approximate surface area is 124 Å². The third kappa shape index (κ3) is 2.09. The van der Waals surface area contributed by atoms with Gasteiger partial charge in [-0.15, -0.1) is 11.3 Å². The van der Waals surface area contributed by atoms with Crippen molar-refractivity contribution in [2.75, 3.05) is 0 Å². The van der Waals surface area contributed by atoms with Crippen LogP contribution in [0.15, 0.2) is 24.3 Å². The Balaban J connectivity index is 1.75. The summed E-state index contributed by atoms with van der Waals surface area (Å²) >= 11 is 1.86. The van der Waals surface area contributed by atoms with Crippen molar-refractivity contribution in [3.05, 3.63) is 51.0 Å². The van der Waals surface area contributed by atoms with E-state index in [2.05, 4.69) is 24.3 Å². The molecule has 1 aromatic carbocycles. The van der Waals surface area contributed by atoms with Gasteiger partial charge in [-0.1, -0.05) is 24.3 Å². The lowest BCUT2D eigenvalue weighted by Crippen LogP contribution is -2.10. The van der Waals surface area contributed by atoms with Crippen LogP contribution < -0.4 is 5.73 Å². The molecule has 0 amide bonds. The minimum Gasteiger partial charge on any atom is -0.326 e. The monoisotopic (exact) mass is 284 g/mol. The van der Waals surface area contributed by atoms with Crippen molar-refractivity contribution in [1.82, 2.24) is 4.98 Å². The highest BCUT2D eigenvalue weighted by molar-refractivity contribution is 7.11. The second kappa shape index (κ2) is 4.97. The minimum atomic E-state index is 0.503. The van der Waals surface area contributed by atoms with Crippen LogP contribution in [0.3, 0.4) is 0 Å². The number of hydrogen-bond donors (Lipinski definition) is 1. The molecule has 1 fully saturated rings. The Bertz CT molecular complexity index is 628. The quantitative estimate of drug-likeness (QED) is 0.927. The fourth-order valence-corrected chi connectivity index (χ4v) is 4.55. The Morgan fingerprint density at radius 1 is 1.20 bits per heavy atom. The van der Waals surface area contributed by atoms with E-state index < -0.39 is 0 Å². The maximum Gasteiger partial charge on any atom is 0.101 e. The van der Waals surface area contributed by atoms with Crippen molar-refractivity contribution in [1.29, 1.82) is 0 Å². The van der Waals surface area contributed by atoms with Gasteiger partial charge in [0.05, 0.1) is 5.69 Å². The lowest BCUT2D eigenvalue weighted by Gasteiger charge is -2.23. The molecule has 2 aliphatic carbocycles. The molecule has 0 spiro atoms. The topological polar surface area (TPSA) is 38.9 Å². The number of rotatable bonds is 3. The van der Waals surface area contributed by atoms with Crippen LogP contribution >= 0.6 is 11.3 Å². The summed E-state index contributed by atoms with van der Waals surface area (Å²) in [7, 11) is 0. The van der Waals surface area contributed by atoms with Crippen LogP contribution in [-0.2, 0) is 13.0 Å². The molecule has 1 saturated carbocycles. The van der Waals surface area contributed by atoms with Crippen molar-refractivity contribution in [3.8, 4) is 0 Å². The summed E-state index contributed by atoms with van der Waals surface area (Å²) in [5.74, 6) is 1.21. The molecule has 2 aliphatic rings. The fourth-order valence-electron chi connectivity index (χ4n) is 3.36. The van der Waals surface area contributed by atoms with E-state index in [1.54, 1.807) is 0 Å². The summed E-state index contributed by atoms with van der Waals surface area (Å²) in [5, 5.41) is 1.31. The van der Waals surface area contributed by atoms with E-state index in [0.717, 1.165) is 0 Å². The maximum absolute atomic E-state index is 5.92. The van der Waals surface area contributed by atoms with Gasteiger partial charge in [-0.05, 0) is 43.2 Å². The molecule has 4 rings (SSSR count). The lowest BCUT2D eigenvalue weighted by molar-refractivity contribution is 0.612. The van der Waals surface area contributed by atoms with Crippen LogP contribution in [-0.4, -0.2) is 4.98 Å². The molecule has 1 atom stereocenters. The molecule has 2 aromatic rings. The highest BCUT2D eigenvalue weighted by Gasteiger charge is 2.31. The largest absolute Gasteiger partial charge is 0.326 e. The molecular formula is C17H20N2S. The zero-order valence-corrected chi connectivity index (χ0v) is 12.5. The van der Waals surface area contributed by atoms with Crippen molar-refractivity contribution in [2.24, 2.45) is 5.73 Å². The Morgan fingerprint density at radius 2 is 2.05 bits per heavy atom. The van der Waals surface area contributed by atoms with Gasteiger partial charge in [0.2, 0.25) is 0 Å². The summed E-state index contributed by atoms with van der Waals surface area (Å²) in [6.07, 6.45) is 6.34. The van der Waals surface area contributed by atoms with Gasteiger partial charge in [0.1, 0.15) is 5.01 Å². The molecule has 3 heteroatoms. The number of thiazole rings is 1. The average Bonchev–Trinajstić information content (AvgIpc) is 3.26. The molecule has 1 unspecified atom stereocenters. The molecule has 0 aliphatic heterocycles. The molecule has 104 valence electrons. The smallest absolute Gasteiger partial charge is 0.101 e. The van der Waals surface area contributed by atoms with Crippen LogP contribution in [0.2, 0.25) is 0 Å². The van der Waals surface area contributed by atoms with Crippen molar-refractivity contribution < 1.29 is 0 Å². The van der Waals surface area contributed by atoms with E-state index in [4.69, 9.17) is 10.7 Å². The summed E-state index contributed by atoms with van der Waals surface area (Å²) in [4.78, 5) is 6.33. The van der Waals surface area contributed by atoms with Crippen LogP contribution in [0.1, 0.15) is 64.2 Å². The van der Waals surface area contributed by atoms with E-state index >= 15 is 0 Å². The number of nitrogens with two attached hydrogens (primary N) is 1. The molecule has 0 bridgehead atoms. The van der Waals surface area contributed by atoms with Crippen LogP contribution in [0.4, 0.5) is 0 Å². The van der Waals surface area contributed by atoms with Gasteiger partial charge in [0.15, 0.2) is 0 Å². The second-order valence-electron chi connectivity index (χ2n) is 5.98. The van der Waals surface area contributed by atoms with Crippen molar-refractivity contribution >= 4 is 11.3 Å². The predicted octanol–water partition coefficient (Wildman–Crippen LogP) is 3.95. The zero-order valence-electron chi connectivity index (χ0n) is 11.6. The Kier molecular flexibility index (Phi) is 3.12. The molecule has 20 heavy (non-hydrogen) atoms. The highest BCUT2D eigenvalue weighted by atomic mass is 32.1. The predicted molar refractivity (Wildman–Crippen MR) is 83.2 cm³/mol. The van der Waals surface area contributed by atoms with Gasteiger partial charge in [-0.25, -0.2) is 4.98 Å². The van der Waals surface area contributed by atoms with Crippen molar-refractivity contribution in [3.63, 3.8) is 0 Å². The van der Waals surface area contributed by atoms with Crippen LogP contribution in [0.5, 0.6) is 0 Å². The molecule has 0 saturated heterocycles. The van der Waals surface area contributed by atoms with Gasteiger partial charge in [0.25, 0.3) is 0 Å². The molecule has 2 N–H and O–H groups in total. The first kappa shape index (κ1) is 12.5. The first-order valence-corrected chi connectivity index (χ1v) is 8.46. The number of aryl methyl sites for hydroxylation is 1. The van der Waals surface area contributed by atoms with E-state index in [-0.39, 0.29) is 0 Å². The molecule has 0 radical (unpaired) electrons. The molecular weight excluding hydrogens is 264 g/mol. The summed E-state index contributed by atoms with van der Waals surface area (Å²) in [6.45, 7) is 0.651. The fraction of sp³-hybridized carbons (Fsp3) is 0.471. The molecule has 1 heterocycles. The third-order valence-electron chi connectivity index (χ3n) is 4.56. The first-order valence-electron chi connectivity index (χ1n) is 7.64. The minimum absolute atomic E-state index is 0.503. The second-order valence-corrected chi connectivity index (χ2v) is 7.10. The normalized spacial score (nSPS) is 21.8. The van der Waals surface area contributed by atoms with Crippen molar-refractivity contribution in [2.45, 2.75) is 50.5 Å². The van der Waals surface area contributed by atoms with E-state index in [9.17, 15) is 0 Å². The average molecular weight is 284 g/mol. The Hall–Kier alpha value is -1.19.